The lowest BCUT2D eigenvalue weighted by Gasteiger charge is -2.08. The monoisotopic (exact) mass is 309 g/mol. The normalized spacial score (nSPS) is 11.7. The second kappa shape index (κ2) is 6.34. The van der Waals surface area contributed by atoms with Crippen molar-refractivity contribution in [2.45, 2.75) is 25.2 Å². The number of ether oxygens (including phenoxy) is 2. The maximum absolute atomic E-state index is 11.7. The van der Waals surface area contributed by atoms with Crippen molar-refractivity contribution in [3.63, 3.8) is 0 Å². The molecule has 0 aliphatic carbocycles. The molecule has 1 N–H and O–H groups in total. The van der Waals surface area contributed by atoms with Gasteiger partial charge < -0.3 is 9.47 Å². The Balaban J connectivity index is 4.18. The molecule has 0 aromatic rings. The zero-order valence-corrected chi connectivity index (χ0v) is 9.22. The van der Waals surface area contributed by atoms with Gasteiger partial charge in [0, 0.05) is 6.42 Å². The van der Waals surface area contributed by atoms with E-state index in [0.29, 0.717) is 0 Å². The molecule has 0 radical (unpaired) electrons. The molecule has 20 heavy (non-hydrogen) atoms. The summed E-state index contributed by atoms with van der Waals surface area (Å²) >= 11 is 0. The molecule has 0 spiro atoms. The quantitative estimate of drug-likeness (QED) is 0.280. The molecule has 6 nitrogen and oxygen atoms in total. The summed E-state index contributed by atoms with van der Waals surface area (Å²) in [7, 11) is 0. The number of carbonyl (C=O) groups excluding carboxylic acids is 3. The standard InChI is InChI=1S/C8H5F6NO5/c9-7(10,11)5(17)19-3(15)1-2-4(16)20-6(18)8(12,13)14/h15H,1-2H2. The molecule has 0 aromatic carbocycles. The highest BCUT2D eigenvalue weighted by Gasteiger charge is 2.43. The zero-order chi connectivity index (χ0) is 16.1. The topological polar surface area (TPSA) is 93.5 Å². The van der Waals surface area contributed by atoms with E-state index in [2.05, 4.69) is 9.47 Å². The van der Waals surface area contributed by atoms with Crippen molar-refractivity contribution in [1.82, 2.24) is 0 Å². The van der Waals surface area contributed by atoms with E-state index >= 15 is 0 Å². The van der Waals surface area contributed by atoms with Gasteiger partial charge in [0.25, 0.3) is 0 Å². The van der Waals surface area contributed by atoms with Gasteiger partial charge in [0.1, 0.15) is 0 Å². The Kier molecular flexibility index (Phi) is 5.66. The van der Waals surface area contributed by atoms with Gasteiger partial charge in [-0.3, -0.25) is 10.2 Å². The highest BCUT2D eigenvalue weighted by atomic mass is 19.4. The molecular weight excluding hydrogens is 304 g/mol. The Labute approximate surface area is 106 Å². The number of carbonyl (C=O) groups is 3. The molecule has 0 saturated carbocycles. The molecule has 0 fully saturated rings. The lowest BCUT2D eigenvalue weighted by atomic mass is 10.3. The van der Waals surface area contributed by atoms with Crippen LogP contribution in [0.2, 0.25) is 0 Å². The van der Waals surface area contributed by atoms with Crippen LogP contribution in [0.15, 0.2) is 0 Å². The second-order valence-electron chi connectivity index (χ2n) is 3.07. The summed E-state index contributed by atoms with van der Waals surface area (Å²) in [5, 5.41) is 6.74. The van der Waals surface area contributed by atoms with Gasteiger partial charge in [-0.25, -0.2) is 9.59 Å². The first-order chi connectivity index (χ1) is 8.84. The van der Waals surface area contributed by atoms with Gasteiger partial charge in [-0.2, -0.15) is 26.3 Å². The molecule has 0 rings (SSSR count). The minimum absolute atomic E-state index is 0.953. The molecule has 0 atom stereocenters. The zero-order valence-electron chi connectivity index (χ0n) is 9.22. The van der Waals surface area contributed by atoms with Gasteiger partial charge in [0.15, 0.2) is 5.90 Å². The van der Waals surface area contributed by atoms with Crippen LogP contribution in [0.1, 0.15) is 12.8 Å². The van der Waals surface area contributed by atoms with Crippen LogP contribution in [0.4, 0.5) is 26.3 Å². The lowest BCUT2D eigenvalue weighted by molar-refractivity contribution is -0.201. The average molecular weight is 309 g/mol. The van der Waals surface area contributed by atoms with Crippen LogP contribution in [-0.2, 0) is 23.9 Å². The highest BCUT2D eigenvalue weighted by Crippen LogP contribution is 2.18. The number of hydrogen-bond donors (Lipinski definition) is 1. The number of rotatable bonds is 3. The van der Waals surface area contributed by atoms with Crippen LogP contribution in [0, 0.1) is 5.41 Å². The Morgan fingerprint density at radius 1 is 0.800 bits per heavy atom. The lowest BCUT2D eigenvalue weighted by Crippen LogP contribution is -2.29. The summed E-state index contributed by atoms with van der Waals surface area (Å²) in [5.41, 5.74) is 0. The summed E-state index contributed by atoms with van der Waals surface area (Å²) in [4.78, 5) is 31.1. The first-order valence-electron chi connectivity index (χ1n) is 4.52. The van der Waals surface area contributed by atoms with E-state index in [1.165, 1.54) is 0 Å². The van der Waals surface area contributed by atoms with Gasteiger partial charge in [-0.05, 0) is 0 Å². The van der Waals surface area contributed by atoms with E-state index in [1.54, 1.807) is 0 Å². The third-order valence-electron chi connectivity index (χ3n) is 1.44. The number of nitrogens with one attached hydrogen (secondary N) is 1. The summed E-state index contributed by atoms with van der Waals surface area (Å²) < 4.78 is 76.7. The van der Waals surface area contributed by atoms with E-state index in [9.17, 15) is 40.7 Å². The Morgan fingerprint density at radius 3 is 1.60 bits per heavy atom. The molecule has 114 valence electrons. The fraction of sp³-hybridized carbons (Fsp3) is 0.500. The average Bonchev–Trinajstić information content (AvgIpc) is 2.23. The predicted octanol–water partition coefficient (Wildman–Crippen LogP) is 1.48. The van der Waals surface area contributed by atoms with Crippen molar-refractivity contribution >= 4 is 23.8 Å². The number of esters is 3. The van der Waals surface area contributed by atoms with Crippen LogP contribution in [0.5, 0.6) is 0 Å². The first-order valence-corrected chi connectivity index (χ1v) is 4.52. The van der Waals surface area contributed by atoms with Gasteiger partial charge in [-0.1, -0.05) is 0 Å². The van der Waals surface area contributed by atoms with Gasteiger partial charge in [-0.15, -0.1) is 0 Å². The molecular formula is C8H5F6NO5. The van der Waals surface area contributed by atoms with E-state index in [-0.39, 0.29) is 0 Å². The van der Waals surface area contributed by atoms with Crippen molar-refractivity contribution < 1.29 is 50.2 Å². The third-order valence-corrected chi connectivity index (χ3v) is 1.44. The fourth-order valence-electron chi connectivity index (χ4n) is 0.649. The second-order valence-corrected chi connectivity index (χ2v) is 3.07. The van der Waals surface area contributed by atoms with Gasteiger partial charge >= 0.3 is 30.3 Å². The SMILES string of the molecule is N=C(CCC(=O)OC(=O)C(F)(F)F)OC(=O)C(F)(F)F. The maximum atomic E-state index is 11.7. The largest absolute Gasteiger partial charge is 0.491 e. The molecule has 0 amide bonds. The minimum atomic E-state index is -5.41. The molecule has 12 heteroatoms. The van der Waals surface area contributed by atoms with Gasteiger partial charge in [0.2, 0.25) is 0 Å². The number of halogens is 6. The van der Waals surface area contributed by atoms with Crippen molar-refractivity contribution in [1.29, 1.82) is 5.41 Å². The molecule has 0 bridgehead atoms. The number of hydrogen-bond acceptors (Lipinski definition) is 6. The first kappa shape index (κ1) is 17.9. The van der Waals surface area contributed by atoms with Crippen molar-refractivity contribution in [3.8, 4) is 0 Å². The van der Waals surface area contributed by atoms with E-state index in [0.717, 1.165) is 0 Å². The smallest absolute Gasteiger partial charge is 0.405 e. The minimum Gasteiger partial charge on any atom is -0.405 e. The molecule has 0 aliphatic heterocycles. The Bertz CT molecular complexity index is 386. The van der Waals surface area contributed by atoms with E-state index in [1.807, 2.05) is 0 Å². The van der Waals surface area contributed by atoms with Crippen LogP contribution < -0.4 is 0 Å². The predicted molar refractivity (Wildman–Crippen MR) is 46.3 cm³/mol. The van der Waals surface area contributed by atoms with Crippen LogP contribution in [-0.4, -0.2) is 36.2 Å². The van der Waals surface area contributed by atoms with E-state index in [4.69, 9.17) is 5.41 Å². The molecule has 0 unspecified atom stereocenters. The molecule has 0 saturated heterocycles. The number of alkyl halides is 6. The summed E-state index contributed by atoms with van der Waals surface area (Å²) in [5.74, 6) is -8.58. The van der Waals surface area contributed by atoms with Crippen molar-refractivity contribution in [3.05, 3.63) is 0 Å². The van der Waals surface area contributed by atoms with Crippen molar-refractivity contribution in [2.75, 3.05) is 0 Å². The van der Waals surface area contributed by atoms with Gasteiger partial charge in [0.05, 0.1) is 6.42 Å². The van der Waals surface area contributed by atoms with Crippen LogP contribution in [0.3, 0.4) is 0 Å². The Morgan fingerprint density at radius 2 is 1.20 bits per heavy atom. The van der Waals surface area contributed by atoms with Crippen LogP contribution in [0.25, 0.3) is 0 Å². The Hall–Kier alpha value is -2.14. The third kappa shape index (κ3) is 6.70. The summed E-state index contributed by atoms with van der Waals surface area (Å²) in [6.07, 6.45) is -12.8. The maximum Gasteiger partial charge on any atom is 0.491 e. The van der Waals surface area contributed by atoms with E-state index < -0.39 is 49.0 Å². The summed E-state index contributed by atoms with van der Waals surface area (Å²) in [6.45, 7) is 0. The summed E-state index contributed by atoms with van der Waals surface area (Å²) in [6, 6.07) is 0. The molecule has 0 heterocycles. The van der Waals surface area contributed by atoms with Crippen LogP contribution >= 0.6 is 0 Å². The molecule has 0 aromatic heterocycles. The highest BCUT2D eigenvalue weighted by molar-refractivity contribution is 5.93. The van der Waals surface area contributed by atoms with Crippen molar-refractivity contribution in [2.24, 2.45) is 0 Å². The molecule has 0 aliphatic rings. The fourth-order valence-corrected chi connectivity index (χ4v) is 0.649.